The van der Waals surface area contributed by atoms with Crippen molar-refractivity contribution < 1.29 is 18.5 Å². The van der Waals surface area contributed by atoms with Crippen LogP contribution in [0.25, 0.3) is 0 Å². The Hall–Kier alpha value is -1.31. The van der Waals surface area contributed by atoms with Gasteiger partial charge in [0.05, 0.1) is 6.04 Å². The normalized spacial score (nSPS) is 22.5. The molecule has 1 aromatic carbocycles. The van der Waals surface area contributed by atoms with Crippen molar-refractivity contribution in [3.05, 3.63) is 35.1 Å². The molecule has 0 unspecified atom stereocenters. The number of nitrogens with one attached hydrogen (secondary N) is 1. The molecule has 1 aromatic rings. The summed E-state index contributed by atoms with van der Waals surface area (Å²) in [5.41, 5.74) is 0.811. The first-order valence-electron chi connectivity index (χ1n) is 10.3. The molecule has 1 spiro atoms. The van der Waals surface area contributed by atoms with Crippen LogP contribution in [-0.4, -0.2) is 39.0 Å². The molecule has 2 atom stereocenters. The lowest BCUT2D eigenvalue weighted by molar-refractivity contribution is 0.00705. The molecule has 5 nitrogen and oxygen atoms in total. The zero-order chi connectivity index (χ0) is 21.6. The SMILES string of the molecule is CC(C)(C)OC(=O)N1CCC2(CC1)Cc1cccc(F)c1[C@@H]2N[S@@+]([O-])C(C)(C)C. The molecule has 0 saturated carbocycles. The number of rotatable bonds is 2. The zero-order valence-corrected chi connectivity index (χ0v) is 19.1. The van der Waals surface area contributed by atoms with Gasteiger partial charge in [0.2, 0.25) is 0 Å². The second-order valence-electron chi connectivity index (χ2n) is 10.3. The van der Waals surface area contributed by atoms with E-state index in [1.807, 2.05) is 47.6 Å². The van der Waals surface area contributed by atoms with Crippen LogP contribution in [0, 0.1) is 11.2 Å². The summed E-state index contributed by atoms with van der Waals surface area (Å²) >= 11 is -1.32. The van der Waals surface area contributed by atoms with E-state index in [0.717, 1.165) is 12.0 Å². The number of halogens is 1. The fraction of sp³-hybridized carbons (Fsp3) is 0.682. The van der Waals surface area contributed by atoms with E-state index in [2.05, 4.69) is 4.72 Å². The number of carbonyl (C=O) groups excluding carboxylic acids is 1. The van der Waals surface area contributed by atoms with E-state index in [1.54, 1.807) is 11.0 Å². The maximum absolute atomic E-state index is 14.8. The fourth-order valence-corrected chi connectivity index (χ4v) is 5.18. The minimum Gasteiger partial charge on any atom is -0.598 e. The Morgan fingerprint density at radius 2 is 1.86 bits per heavy atom. The predicted molar refractivity (Wildman–Crippen MR) is 113 cm³/mol. The highest BCUT2D eigenvalue weighted by molar-refractivity contribution is 7.90. The molecule has 3 rings (SSSR count). The molecule has 0 radical (unpaired) electrons. The number of piperidine rings is 1. The summed E-state index contributed by atoms with van der Waals surface area (Å²) in [5.74, 6) is -0.252. The maximum atomic E-state index is 14.8. The highest BCUT2D eigenvalue weighted by atomic mass is 32.2. The quantitative estimate of drug-likeness (QED) is 0.711. The number of ether oxygens (including phenoxy) is 1. The van der Waals surface area contributed by atoms with E-state index in [9.17, 15) is 13.7 Å². The standard InChI is InChI=1S/C22H33FN2O3S/c1-20(2,3)28-19(26)25-12-10-22(11-13-25)14-15-8-7-9-16(23)17(15)18(22)24-29(27)21(4,5)6/h7-9,18,24H,10-14H2,1-6H3/t18-,29-/m0/s1. The van der Waals surface area contributed by atoms with E-state index >= 15 is 0 Å². The third-order valence-corrected chi connectivity index (χ3v) is 7.34. The molecule has 7 heteroatoms. The maximum Gasteiger partial charge on any atom is 0.410 e. The van der Waals surface area contributed by atoms with Crippen LogP contribution < -0.4 is 4.72 Å². The summed E-state index contributed by atoms with van der Waals surface area (Å²) in [6, 6.07) is 4.84. The number of hydrogen-bond acceptors (Lipinski definition) is 4. The minimum atomic E-state index is -1.32. The average molecular weight is 425 g/mol. The molecule has 1 aliphatic heterocycles. The Labute approximate surface area is 176 Å². The highest BCUT2D eigenvalue weighted by Gasteiger charge is 2.52. The van der Waals surface area contributed by atoms with E-state index in [-0.39, 0.29) is 23.4 Å². The van der Waals surface area contributed by atoms with Crippen molar-refractivity contribution in [1.29, 1.82) is 0 Å². The molecule has 1 N–H and O–H groups in total. The number of fused-ring (bicyclic) bond motifs is 1. The molecular formula is C22H33FN2O3S. The van der Waals surface area contributed by atoms with Gasteiger partial charge in [-0.3, -0.25) is 0 Å². The summed E-state index contributed by atoms with van der Waals surface area (Å²) in [4.78, 5) is 14.2. The summed E-state index contributed by atoms with van der Waals surface area (Å²) < 4.78 is 36.0. The van der Waals surface area contributed by atoms with E-state index in [0.29, 0.717) is 31.5 Å². The van der Waals surface area contributed by atoms with Crippen LogP contribution >= 0.6 is 0 Å². The number of amides is 1. The van der Waals surface area contributed by atoms with Crippen LogP contribution in [0.5, 0.6) is 0 Å². The lowest BCUT2D eigenvalue weighted by Crippen LogP contribution is -2.51. The van der Waals surface area contributed by atoms with Gasteiger partial charge in [-0.2, -0.15) is 0 Å². The number of benzene rings is 1. The van der Waals surface area contributed by atoms with Gasteiger partial charge in [0.25, 0.3) is 0 Å². The highest BCUT2D eigenvalue weighted by Crippen LogP contribution is 2.53. The summed E-state index contributed by atoms with van der Waals surface area (Å²) in [6.45, 7) is 12.4. The first kappa shape index (κ1) is 22.4. The fourth-order valence-electron chi connectivity index (χ4n) is 4.24. The van der Waals surface area contributed by atoms with Crippen molar-refractivity contribution in [2.45, 2.75) is 77.2 Å². The van der Waals surface area contributed by atoms with E-state index in [4.69, 9.17) is 4.74 Å². The first-order chi connectivity index (χ1) is 13.3. The summed E-state index contributed by atoms with van der Waals surface area (Å²) in [6.07, 6.45) is 1.83. The van der Waals surface area contributed by atoms with Gasteiger partial charge in [-0.15, -0.1) is 4.72 Å². The lowest BCUT2D eigenvalue weighted by atomic mass is 9.73. The predicted octanol–water partition coefficient (Wildman–Crippen LogP) is 4.49. The molecular weight excluding hydrogens is 391 g/mol. The topological polar surface area (TPSA) is 64.6 Å². The van der Waals surface area contributed by atoms with Crippen LogP contribution in [0.1, 0.15) is 71.6 Å². The van der Waals surface area contributed by atoms with Crippen molar-refractivity contribution in [2.24, 2.45) is 5.41 Å². The molecule has 1 heterocycles. The number of likely N-dealkylation sites (tertiary alicyclic amines) is 1. The van der Waals surface area contributed by atoms with Crippen LogP contribution in [0.15, 0.2) is 18.2 Å². The second kappa shape index (κ2) is 7.75. The van der Waals surface area contributed by atoms with Gasteiger partial charge in [-0.25, -0.2) is 9.18 Å². The molecule has 0 bridgehead atoms. The van der Waals surface area contributed by atoms with Gasteiger partial charge in [-0.05, 0) is 72.4 Å². The van der Waals surface area contributed by atoms with Crippen LogP contribution in [0.4, 0.5) is 9.18 Å². The van der Waals surface area contributed by atoms with Gasteiger partial charge < -0.3 is 14.2 Å². The molecule has 162 valence electrons. The Bertz CT molecular complexity index is 764. The van der Waals surface area contributed by atoms with E-state index < -0.39 is 21.7 Å². The third kappa shape index (κ3) is 4.72. The Morgan fingerprint density at radius 1 is 1.24 bits per heavy atom. The van der Waals surface area contributed by atoms with E-state index in [1.165, 1.54) is 6.07 Å². The van der Waals surface area contributed by atoms with Crippen molar-refractivity contribution in [2.75, 3.05) is 13.1 Å². The number of carbonyl (C=O) groups is 1. The Balaban J connectivity index is 1.83. The van der Waals surface area contributed by atoms with Crippen molar-refractivity contribution in [3.8, 4) is 0 Å². The van der Waals surface area contributed by atoms with Gasteiger partial charge in [-0.1, -0.05) is 12.1 Å². The second-order valence-corrected chi connectivity index (χ2v) is 12.2. The Kier molecular flexibility index (Phi) is 5.98. The summed E-state index contributed by atoms with van der Waals surface area (Å²) in [7, 11) is 0. The van der Waals surface area contributed by atoms with Gasteiger partial charge >= 0.3 is 6.09 Å². The monoisotopic (exact) mass is 424 g/mol. The minimum absolute atomic E-state index is 0.252. The largest absolute Gasteiger partial charge is 0.598 e. The first-order valence-corrected chi connectivity index (χ1v) is 11.4. The average Bonchev–Trinajstić information content (AvgIpc) is 2.87. The van der Waals surface area contributed by atoms with Crippen LogP contribution in [-0.2, 0) is 22.5 Å². The van der Waals surface area contributed by atoms with Gasteiger partial charge in [0.15, 0.2) is 0 Å². The number of hydrogen-bond donors (Lipinski definition) is 1. The smallest absolute Gasteiger partial charge is 0.410 e. The zero-order valence-electron chi connectivity index (χ0n) is 18.3. The molecule has 1 saturated heterocycles. The molecule has 1 aliphatic carbocycles. The van der Waals surface area contributed by atoms with Crippen molar-refractivity contribution in [3.63, 3.8) is 0 Å². The van der Waals surface area contributed by atoms with Crippen LogP contribution in [0.2, 0.25) is 0 Å². The van der Waals surface area contributed by atoms with Crippen LogP contribution in [0.3, 0.4) is 0 Å². The van der Waals surface area contributed by atoms with Crippen molar-refractivity contribution >= 4 is 17.5 Å². The molecule has 1 amide bonds. The Morgan fingerprint density at radius 3 is 2.41 bits per heavy atom. The van der Waals surface area contributed by atoms with Gasteiger partial charge in [0.1, 0.15) is 16.2 Å². The lowest BCUT2D eigenvalue weighted by Gasteiger charge is -2.43. The molecule has 0 aromatic heterocycles. The molecule has 1 fully saturated rings. The summed E-state index contributed by atoms with van der Waals surface area (Å²) in [5, 5.41) is 0. The molecule has 29 heavy (non-hydrogen) atoms. The van der Waals surface area contributed by atoms with Crippen molar-refractivity contribution in [1.82, 2.24) is 9.62 Å². The third-order valence-electron chi connectivity index (χ3n) is 5.78. The van der Waals surface area contributed by atoms with Gasteiger partial charge in [0, 0.05) is 35.4 Å². The number of nitrogens with zero attached hydrogens (tertiary/aromatic N) is 1. The molecule has 2 aliphatic rings.